The van der Waals surface area contributed by atoms with E-state index in [2.05, 4.69) is 0 Å². The maximum Gasteiger partial charge on any atom is 0.0777 e. The monoisotopic (exact) mass is 102 g/mol. The Morgan fingerprint density at radius 1 is 1.60 bits per heavy atom. The minimum atomic E-state index is -4.69. The zero-order valence-corrected chi connectivity index (χ0v) is 2.81. The quantitative estimate of drug-likeness (QED) is 0.315. The first kappa shape index (κ1) is 5.13. The summed E-state index contributed by atoms with van der Waals surface area (Å²) < 4.78 is 32.7. The average Bonchev–Trinajstić information content (AvgIpc) is 0.722. The van der Waals surface area contributed by atoms with Gasteiger partial charge in [0.1, 0.15) is 0 Å². The van der Waals surface area contributed by atoms with Crippen LogP contribution < -0.4 is 14.0 Å². The van der Waals surface area contributed by atoms with Crippen LogP contribution in [0.25, 0.3) is 0 Å². The molecule has 32 valence electrons. The Morgan fingerprint density at radius 3 is 1.60 bits per heavy atom. The van der Waals surface area contributed by atoms with Crippen LogP contribution in [0, 0.1) is 10.2 Å². The first-order chi connectivity index (χ1) is 2.00. The maximum absolute atomic E-state index is 8.60. The van der Waals surface area contributed by atoms with Crippen LogP contribution in [-0.4, -0.2) is 4.66 Å². The predicted octanol–water partition coefficient (Wildman–Crippen LogP) is -4.12. The molecule has 0 saturated heterocycles. The van der Waals surface area contributed by atoms with E-state index in [-0.39, 0.29) is 0 Å². The molecule has 0 aliphatic carbocycles. The van der Waals surface area contributed by atoms with Crippen molar-refractivity contribution in [3.8, 4) is 0 Å². The van der Waals surface area contributed by atoms with Crippen LogP contribution in [0.5, 0.6) is 0 Å². The lowest BCUT2D eigenvalue weighted by atomic mass is 15.8. The van der Waals surface area contributed by atoms with Crippen molar-refractivity contribution in [2.75, 3.05) is 0 Å². The summed E-state index contributed by atoms with van der Waals surface area (Å²) in [6.45, 7) is 0. The van der Waals surface area contributed by atoms with E-state index in [9.17, 15) is 0 Å². The van der Waals surface area contributed by atoms with Gasteiger partial charge in [0.05, 0.1) is 14.9 Å². The van der Waals surface area contributed by atoms with E-state index in [1.807, 2.05) is 0 Å². The fourth-order valence-corrected chi connectivity index (χ4v) is 0. The molecular weight excluding hydrogens is 101 g/mol. The summed E-state index contributed by atoms with van der Waals surface area (Å²) in [6.07, 6.45) is 0. The highest BCUT2D eigenvalue weighted by atomic mass is 35.7. The molecule has 1 N–H and O–H groups in total. The second kappa shape index (κ2) is 1.08. The van der Waals surface area contributed by atoms with Crippen LogP contribution >= 0.6 is 0 Å². The van der Waals surface area contributed by atoms with Gasteiger partial charge in [0.15, 0.2) is 0 Å². The van der Waals surface area contributed by atoms with Gasteiger partial charge in [0, 0.05) is 0 Å². The topological polar surface area (TPSA) is 89.4 Å². The molecule has 0 aromatic carbocycles. The highest BCUT2D eigenvalue weighted by molar-refractivity contribution is 2.15. The smallest absolute Gasteiger partial charge is 0.0777 e. The van der Waals surface area contributed by atoms with E-state index < -0.39 is 10.2 Å². The van der Waals surface area contributed by atoms with Gasteiger partial charge in [-0.1, -0.05) is 0 Å². The molecule has 0 fully saturated rings. The first-order valence-electron chi connectivity index (χ1n) is 0.632. The fourth-order valence-electron chi connectivity index (χ4n) is 0. The average molecular weight is 102 g/mol. The summed E-state index contributed by atoms with van der Waals surface area (Å²) in [6, 6.07) is 0. The number of hydrogen-bond acceptors (Lipinski definition) is 4. The van der Waals surface area contributed by atoms with Crippen molar-refractivity contribution in [1.82, 2.24) is 0 Å². The molecule has 0 unspecified atom stereocenters. The zero-order chi connectivity index (χ0) is 4.50. The predicted molar refractivity (Wildman–Crippen MR) is 2.22 cm³/mol. The fraction of sp³-hybridized carbons (Fsp3) is 0. The Bertz CT molecular complexity index is 19.1. The van der Waals surface area contributed by atoms with E-state index in [1.54, 1.807) is 0 Å². The van der Waals surface area contributed by atoms with Gasteiger partial charge in [-0.25, -0.2) is 0 Å². The molecular formula is HClO4. The Labute approximate surface area is 30.0 Å². The van der Waals surface area contributed by atoms with E-state index in [1.165, 1.54) is 0 Å². The normalized spacial score (nSPS) is 12.0. The van der Waals surface area contributed by atoms with Gasteiger partial charge in [-0.3, -0.25) is 0 Å². The van der Waals surface area contributed by atoms with E-state index in [0.717, 1.165) is 0 Å². The standard InChI is InChI=1S/ClHO4/c2-1(3,4)5/h(H,2,3,4,5)/i2+2. The van der Waals surface area contributed by atoms with Crippen LogP contribution in [0.3, 0.4) is 0 Å². The number of hydrogen-bond donors (Lipinski definition) is 1. The summed E-state index contributed by atoms with van der Waals surface area (Å²) in [5, 5.41) is 0. The van der Waals surface area contributed by atoms with Crippen molar-refractivity contribution in [3.05, 3.63) is 0 Å². The van der Waals surface area contributed by atoms with Crippen LogP contribution in [-0.2, 0) is 0 Å². The molecule has 0 aliphatic rings. The Morgan fingerprint density at radius 2 is 1.60 bits per heavy atom. The van der Waals surface area contributed by atoms with Crippen molar-refractivity contribution in [3.63, 3.8) is 0 Å². The Kier molecular flexibility index (Phi) is 1.10. The molecule has 0 bridgehead atoms. The minimum Gasteiger partial charge on any atom is -0.183 e. The molecule has 0 amide bonds. The summed E-state index contributed by atoms with van der Waals surface area (Å²) in [5.74, 6) is 0. The van der Waals surface area contributed by atoms with Gasteiger partial charge in [-0.05, 0) is 0 Å². The second-order valence-corrected chi connectivity index (χ2v) is 1.19. The first-order valence-corrected chi connectivity index (χ1v) is 1.90. The van der Waals surface area contributed by atoms with Gasteiger partial charge in [0.25, 0.3) is 0 Å². The summed E-state index contributed by atoms with van der Waals surface area (Å²) >= 11 is 0. The molecule has 5 heavy (non-hydrogen) atoms. The van der Waals surface area contributed by atoms with Gasteiger partial charge >= 0.3 is 0 Å². The molecule has 0 radical (unpaired) electrons. The van der Waals surface area contributed by atoms with Crippen LogP contribution in [0.1, 0.15) is 0 Å². The highest BCUT2D eigenvalue weighted by Gasteiger charge is 1.98. The molecule has 0 aromatic rings. The largest absolute Gasteiger partial charge is 0.183 e. The molecule has 0 atom stereocenters. The van der Waals surface area contributed by atoms with Crippen molar-refractivity contribution in [2.45, 2.75) is 0 Å². The molecule has 0 saturated carbocycles. The Balaban J connectivity index is 3.02. The third-order valence-corrected chi connectivity index (χ3v) is 0. The molecule has 5 heteroatoms. The summed E-state index contributed by atoms with van der Waals surface area (Å²) in [4.78, 5) is 0. The Hall–Kier alpha value is 0.130. The van der Waals surface area contributed by atoms with Crippen molar-refractivity contribution < 1.29 is 28.9 Å². The van der Waals surface area contributed by atoms with Crippen LogP contribution in [0.2, 0.25) is 0 Å². The van der Waals surface area contributed by atoms with E-state index in [0.29, 0.717) is 0 Å². The number of halogens is 1. The van der Waals surface area contributed by atoms with E-state index >= 15 is 0 Å². The van der Waals surface area contributed by atoms with Crippen LogP contribution in [0.15, 0.2) is 0 Å². The summed E-state index contributed by atoms with van der Waals surface area (Å²) in [7, 11) is -4.69. The summed E-state index contributed by atoms with van der Waals surface area (Å²) in [5.41, 5.74) is 0. The lowest BCUT2D eigenvalue weighted by Gasteiger charge is -2.03. The third-order valence-electron chi connectivity index (χ3n) is 0. The minimum absolute atomic E-state index is 4.69. The van der Waals surface area contributed by atoms with Gasteiger partial charge in [-0.2, -0.15) is 14.0 Å². The van der Waals surface area contributed by atoms with Crippen molar-refractivity contribution in [1.29, 1.82) is 0 Å². The third kappa shape index (κ3) is 1110. The molecule has 0 spiro atoms. The number of rotatable bonds is 0. The van der Waals surface area contributed by atoms with Gasteiger partial charge in [-0.15, -0.1) is 0 Å². The second-order valence-electron chi connectivity index (χ2n) is 0.396. The van der Waals surface area contributed by atoms with Crippen molar-refractivity contribution in [2.24, 2.45) is 0 Å². The molecule has 0 aromatic heterocycles. The SMILES string of the molecule is [O-][Cl+3]([O-])(O)[18O-]. The highest BCUT2D eigenvalue weighted by Crippen LogP contribution is 1.60. The lowest BCUT2D eigenvalue weighted by Crippen LogP contribution is -2.58. The van der Waals surface area contributed by atoms with Crippen LogP contribution in [0.4, 0.5) is 0 Å². The van der Waals surface area contributed by atoms with E-state index in [4.69, 9.17) is 18.6 Å². The lowest BCUT2D eigenvalue weighted by molar-refractivity contribution is -1.92. The molecule has 0 rings (SSSR count). The molecule has 0 heterocycles. The molecule has 0 aliphatic heterocycles. The maximum atomic E-state index is 8.60. The molecule has 4 nitrogen and oxygen atoms in total. The van der Waals surface area contributed by atoms with Gasteiger partial charge in [0.2, 0.25) is 0 Å². The van der Waals surface area contributed by atoms with Gasteiger partial charge < -0.3 is 0 Å². The van der Waals surface area contributed by atoms with Crippen molar-refractivity contribution >= 4 is 0 Å². The zero-order valence-electron chi connectivity index (χ0n) is 2.05.